The number of hydrogen-bond donors (Lipinski definition) is 1. The summed E-state index contributed by atoms with van der Waals surface area (Å²) in [6.07, 6.45) is 0.936. The number of carbonyl (C=O) groups is 1. The Bertz CT molecular complexity index is 617. The number of methoxy groups -OCH3 is 1. The van der Waals surface area contributed by atoms with E-state index in [1.54, 1.807) is 11.5 Å². The highest BCUT2D eigenvalue weighted by Crippen LogP contribution is 2.22. The van der Waals surface area contributed by atoms with Crippen LogP contribution >= 0.6 is 0 Å². The Morgan fingerprint density at radius 3 is 2.84 bits per heavy atom. The van der Waals surface area contributed by atoms with Gasteiger partial charge in [-0.3, -0.25) is 4.57 Å². The molecule has 0 aliphatic carbocycles. The summed E-state index contributed by atoms with van der Waals surface area (Å²) >= 11 is 0. The van der Waals surface area contributed by atoms with Gasteiger partial charge >= 0.3 is 5.97 Å². The first-order valence-electron chi connectivity index (χ1n) is 6.11. The first-order valence-corrected chi connectivity index (χ1v) is 6.11. The molecule has 2 N–H and O–H groups in total. The number of esters is 1. The van der Waals surface area contributed by atoms with Gasteiger partial charge in [0.15, 0.2) is 5.69 Å². The first-order chi connectivity index (χ1) is 9.08. The van der Waals surface area contributed by atoms with Crippen LogP contribution in [0.1, 0.15) is 28.8 Å². The molecule has 0 amide bonds. The van der Waals surface area contributed by atoms with Gasteiger partial charge in [0, 0.05) is 5.69 Å². The van der Waals surface area contributed by atoms with Crippen LogP contribution in [0.3, 0.4) is 0 Å². The minimum atomic E-state index is -0.522. The van der Waals surface area contributed by atoms with E-state index in [0.29, 0.717) is 11.6 Å². The molecule has 1 aromatic heterocycles. The van der Waals surface area contributed by atoms with E-state index < -0.39 is 5.97 Å². The second kappa shape index (κ2) is 5.14. The number of imidazole rings is 1. The molecular weight excluding hydrogens is 242 g/mol. The van der Waals surface area contributed by atoms with Crippen LogP contribution in [0.4, 0.5) is 5.82 Å². The molecule has 0 fully saturated rings. The summed E-state index contributed by atoms with van der Waals surface area (Å²) in [5.41, 5.74) is 8.26. The van der Waals surface area contributed by atoms with Crippen LogP contribution in [-0.2, 0) is 11.2 Å². The maximum Gasteiger partial charge on any atom is 0.360 e. The van der Waals surface area contributed by atoms with Gasteiger partial charge in [-0.2, -0.15) is 0 Å². The number of benzene rings is 1. The van der Waals surface area contributed by atoms with E-state index in [9.17, 15) is 4.79 Å². The van der Waals surface area contributed by atoms with Crippen molar-refractivity contribution in [2.75, 3.05) is 12.8 Å². The summed E-state index contributed by atoms with van der Waals surface area (Å²) in [7, 11) is 1.31. The predicted molar refractivity (Wildman–Crippen MR) is 73.4 cm³/mol. The Morgan fingerprint density at radius 2 is 2.21 bits per heavy atom. The molecule has 5 heteroatoms. The molecule has 0 spiro atoms. The van der Waals surface area contributed by atoms with Crippen molar-refractivity contribution in [1.82, 2.24) is 9.55 Å². The maximum atomic E-state index is 11.6. The topological polar surface area (TPSA) is 70.1 Å². The van der Waals surface area contributed by atoms with E-state index in [2.05, 4.69) is 16.6 Å². The molecule has 1 aromatic carbocycles. The molecule has 0 radical (unpaired) electrons. The summed E-state index contributed by atoms with van der Waals surface area (Å²) in [4.78, 5) is 15.8. The van der Waals surface area contributed by atoms with Crippen molar-refractivity contribution < 1.29 is 9.53 Å². The molecule has 19 heavy (non-hydrogen) atoms. The summed E-state index contributed by atoms with van der Waals surface area (Å²) in [6, 6.07) is 7.98. The van der Waals surface area contributed by atoms with Gasteiger partial charge in [-0.1, -0.05) is 19.1 Å². The van der Waals surface area contributed by atoms with E-state index in [1.807, 2.05) is 24.3 Å². The Hall–Kier alpha value is -2.30. The molecule has 0 saturated heterocycles. The number of nitrogen functional groups attached to an aromatic ring is 1. The molecule has 2 rings (SSSR count). The van der Waals surface area contributed by atoms with E-state index in [1.165, 1.54) is 12.7 Å². The smallest absolute Gasteiger partial charge is 0.360 e. The number of aromatic nitrogens is 2. The fourth-order valence-electron chi connectivity index (χ4n) is 2.04. The van der Waals surface area contributed by atoms with Crippen LogP contribution in [0, 0.1) is 6.92 Å². The van der Waals surface area contributed by atoms with Gasteiger partial charge in [0.25, 0.3) is 0 Å². The lowest BCUT2D eigenvalue weighted by Crippen LogP contribution is -2.08. The minimum absolute atomic E-state index is 0.155. The molecule has 0 aliphatic heterocycles. The van der Waals surface area contributed by atoms with Gasteiger partial charge in [0.1, 0.15) is 11.6 Å². The zero-order valence-corrected chi connectivity index (χ0v) is 11.3. The lowest BCUT2D eigenvalue weighted by molar-refractivity contribution is 0.0596. The molecule has 0 atom stereocenters. The zero-order chi connectivity index (χ0) is 14.0. The van der Waals surface area contributed by atoms with Gasteiger partial charge in [0.05, 0.1) is 7.11 Å². The fraction of sp³-hybridized carbons (Fsp3) is 0.286. The number of rotatable bonds is 3. The van der Waals surface area contributed by atoms with Crippen LogP contribution in [0.25, 0.3) is 5.69 Å². The van der Waals surface area contributed by atoms with Gasteiger partial charge in [-0.15, -0.1) is 0 Å². The van der Waals surface area contributed by atoms with E-state index in [-0.39, 0.29) is 5.69 Å². The van der Waals surface area contributed by atoms with Crippen molar-refractivity contribution >= 4 is 11.8 Å². The lowest BCUT2D eigenvalue weighted by atomic mass is 10.1. The number of carbonyl (C=O) groups excluding carboxylic acids is 1. The molecule has 2 aromatic rings. The number of nitrogens with two attached hydrogens (primary N) is 1. The Morgan fingerprint density at radius 1 is 1.47 bits per heavy atom. The van der Waals surface area contributed by atoms with Crippen molar-refractivity contribution in [2.45, 2.75) is 20.3 Å². The normalized spacial score (nSPS) is 10.5. The fourth-order valence-corrected chi connectivity index (χ4v) is 2.04. The minimum Gasteiger partial charge on any atom is -0.464 e. The highest BCUT2D eigenvalue weighted by atomic mass is 16.5. The second-order valence-electron chi connectivity index (χ2n) is 4.24. The third kappa shape index (κ3) is 2.31. The van der Waals surface area contributed by atoms with Gasteiger partial charge in [0.2, 0.25) is 0 Å². The highest BCUT2D eigenvalue weighted by molar-refractivity contribution is 5.92. The molecule has 100 valence electrons. The summed E-state index contributed by atoms with van der Waals surface area (Å²) in [5, 5.41) is 0. The number of aryl methyl sites for hydroxylation is 2. The van der Waals surface area contributed by atoms with E-state index >= 15 is 0 Å². The monoisotopic (exact) mass is 259 g/mol. The van der Waals surface area contributed by atoms with Crippen molar-refractivity contribution in [1.29, 1.82) is 0 Å². The largest absolute Gasteiger partial charge is 0.464 e. The first kappa shape index (κ1) is 13.1. The van der Waals surface area contributed by atoms with Crippen molar-refractivity contribution in [3.05, 3.63) is 41.3 Å². The maximum absolute atomic E-state index is 11.6. The Balaban J connectivity index is 2.56. The average molecular weight is 259 g/mol. The van der Waals surface area contributed by atoms with Gasteiger partial charge < -0.3 is 10.5 Å². The number of hydrogen-bond acceptors (Lipinski definition) is 4. The summed E-state index contributed by atoms with van der Waals surface area (Å²) in [5.74, 6) is 0.440. The molecule has 0 aliphatic rings. The SMILES string of the molecule is CCc1cccc(-n2c(C)nc(C(=O)OC)c2N)c1. The molecule has 0 bridgehead atoms. The highest BCUT2D eigenvalue weighted by Gasteiger charge is 2.19. The summed E-state index contributed by atoms with van der Waals surface area (Å²) < 4.78 is 6.43. The van der Waals surface area contributed by atoms with Gasteiger partial charge in [-0.05, 0) is 31.0 Å². The van der Waals surface area contributed by atoms with Crippen molar-refractivity contribution in [3.8, 4) is 5.69 Å². The Kier molecular flexibility index (Phi) is 3.55. The van der Waals surface area contributed by atoms with Crippen LogP contribution in [-0.4, -0.2) is 22.6 Å². The van der Waals surface area contributed by atoms with Gasteiger partial charge in [-0.25, -0.2) is 9.78 Å². The van der Waals surface area contributed by atoms with Crippen LogP contribution < -0.4 is 5.73 Å². The number of nitrogens with zero attached hydrogens (tertiary/aromatic N) is 2. The average Bonchev–Trinajstić information content (AvgIpc) is 2.73. The van der Waals surface area contributed by atoms with Crippen LogP contribution in [0.2, 0.25) is 0 Å². The quantitative estimate of drug-likeness (QED) is 0.857. The lowest BCUT2D eigenvalue weighted by Gasteiger charge is -2.09. The zero-order valence-electron chi connectivity index (χ0n) is 11.3. The van der Waals surface area contributed by atoms with E-state index in [4.69, 9.17) is 5.73 Å². The predicted octanol–water partition coefficient (Wildman–Crippen LogP) is 2.11. The van der Waals surface area contributed by atoms with Crippen LogP contribution in [0.15, 0.2) is 24.3 Å². The van der Waals surface area contributed by atoms with Crippen molar-refractivity contribution in [2.24, 2.45) is 0 Å². The standard InChI is InChI=1S/C14H17N3O2/c1-4-10-6-5-7-11(8-10)17-9(2)16-12(13(17)15)14(18)19-3/h5-8H,4,15H2,1-3H3. The second-order valence-corrected chi connectivity index (χ2v) is 4.24. The van der Waals surface area contributed by atoms with E-state index in [0.717, 1.165) is 12.1 Å². The third-order valence-electron chi connectivity index (χ3n) is 3.04. The molecular formula is C14H17N3O2. The molecule has 5 nitrogen and oxygen atoms in total. The third-order valence-corrected chi connectivity index (χ3v) is 3.04. The molecule has 0 saturated carbocycles. The molecule has 0 unspecified atom stereocenters. The summed E-state index contributed by atoms with van der Waals surface area (Å²) in [6.45, 7) is 3.89. The van der Waals surface area contributed by atoms with Crippen molar-refractivity contribution in [3.63, 3.8) is 0 Å². The van der Waals surface area contributed by atoms with Crippen LogP contribution in [0.5, 0.6) is 0 Å². The number of ether oxygens (including phenoxy) is 1. The Labute approximate surface area is 112 Å². The molecule has 1 heterocycles. The number of anilines is 1.